The maximum atomic E-state index is 8.86. The number of pyridine rings is 2. The molecule has 0 fully saturated rings. The summed E-state index contributed by atoms with van der Waals surface area (Å²) in [5.74, 6) is 0. The van der Waals surface area contributed by atoms with Gasteiger partial charge in [-0.3, -0.25) is 9.97 Å². The van der Waals surface area contributed by atoms with Crippen LogP contribution in [0, 0.1) is 0 Å². The molecule has 98 valence electrons. The first-order valence-electron chi connectivity index (χ1n) is 4.52. The SMILES string of the molecule is [O]=[Ru](=[O])(=[O])([OH])[OH].c1cc(-c2ccncc2)ccn1. The topological polar surface area (TPSA) is 117 Å². The van der Waals surface area contributed by atoms with E-state index >= 15 is 0 Å². The van der Waals surface area contributed by atoms with Crippen molar-refractivity contribution in [2.45, 2.75) is 0 Å². The van der Waals surface area contributed by atoms with Gasteiger partial charge in [0.2, 0.25) is 0 Å². The van der Waals surface area contributed by atoms with Crippen LogP contribution in [0.5, 0.6) is 0 Å². The van der Waals surface area contributed by atoms with Gasteiger partial charge in [0.05, 0.1) is 0 Å². The van der Waals surface area contributed by atoms with Gasteiger partial charge in [0.25, 0.3) is 0 Å². The molecule has 0 radical (unpaired) electrons. The second kappa shape index (κ2) is 5.26. The average molecular weight is 339 g/mol. The zero-order chi connectivity index (χ0) is 13.7. The maximum Gasteiger partial charge on any atom is 0.0273 e. The van der Waals surface area contributed by atoms with Crippen molar-refractivity contribution < 1.29 is 32.8 Å². The number of aromatic nitrogens is 2. The van der Waals surface area contributed by atoms with Gasteiger partial charge in [-0.25, -0.2) is 0 Å². The zero-order valence-corrected chi connectivity index (χ0v) is 10.7. The monoisotopic (exact) mass is 340 g/mol. The van der Waals surface area contributed by atoms with Gasteiger partial charge >= 0.3 is 32.8 Å². The predicted molar refractivity (Wildman–Crippen MR) is 54.0 cm³/mol. The molecule has 0 saturated heterocycles. The van der Waals surface area contributed by atoms with Crippen LogP contribution in [0.2, 0.25) is 0 Å². The first kappa shape index (κ1) is 14.3. The van der Waals surface area contributed by atoms with Gasteiger partial charge < -0.3 is 0 Å². The van der Waals surface area contributed by atoms with E-state index in [1.54, 1.807) is 24.8 Å². The van der Waals surface area contributed by atoms with Crippen molar-refractivity contribution in [3.05, 3.63) is 49.1 Å². The molecule has 0 aliphatic carbocycles. The molecule has 8 heteroatoms. The third kappa shape index (κ3) is 7.51. The van der Waals surface area contributed by atoms with E-state index in [9.17, 15) is 0 Å². The molecule has 18 heavy (non-hydrogen) atoms. The van der Waals surface area contributed by atoms with Crippen LogP contribution in [0.15, 0.2) is 49.1 Å². The van der Waals surface area contributed by atoms with Crippen LogP contribution in [0.1, 0.15) is 0 Å². The molecular weight excluding hydrogens is 329 g/mol. The molecule has 0 unspecified atom stereocenters. The van der Waals surface area contributed by atoms with Crippen molar-refractivity contribution in [2.24, 2.45) is 0 Å². The van der Waals surface area contributed by atoms with E-state index in [4.69, 9.17) is 18.6 Å². The molecule has 0 atom stereocenters. The third-order valence-electron chi connectivity index (χ3n) is 1.69. The normalized spacial score (nSPS) is 12.7. The Bertz CT molecular complexity index is 633. The number of hydrogen-bond acceptors (Lipinski definition) is 5. The summed E-state index contributed by atoms with van der Waals surface area (Å²) in [6.07, 6.45) is 7.15. The van der Waals surface area contributed by atoms with Crippen LogP contribution in [0.3, 0.4) is 0 Å². The number of hydrogen-bond donors (Lipinski definition) is 2. The first-order valence-corrected chi connectivity index (χ1v) is 8.20. The van der Waals surface area contributed by atoms with Crippen molar-refractivity contribution in [1.82, 2.24) is 9.97 Å². The summed E-state index contributed by atoms with van der Waals surface area (Å²) in [4.78, 5) is 7.91. The van der Waals surface area contributed by atoms with E-state index in [0.717, 1.165) is 0 Å². The Morgan fingerprint density at radius 1 is 0.722 bits per heavy atom. The maximum absolute atomic E-state index is 8.86. The molecule has 0 aliphatic heterocycles. The minimum atomic E-state index is -7.22. The van der Waals surface area contributed by atoms with Crippen LogP contribution in [0.25, 0.3) is 11.1 Å². The Kier molecular flexibility index (Phi) is 4.18. The minimum absolute atomic E-state index is 1.17. The van der Waals surface area contributed by atoms with Crippen molar-refractivity contribution in [3.63, 3.8) is 0 Å². The van der Waals surface area contributed by atoms with Crippen LogP contribution >= 0.6 is 0 Å². The molecule has 0 amide bonds. The van der Waals surface area contributed by atoms with E-state index in [1.807, 2.05) is 24.3 Å². The summed E-state index contributed by atoms with van der Waals surface area (Å²) in [6, 6.07) is 7.93. The molecule has 0 aliphatic rings. The molecule has 2 aromatic heterocycles. The fraction of sp³-hybridized carbons (Fsp3) is 0. The number of rotatable bonds is 1. The van der Waals surface area contributed by atoms with Crippen LogP contribution in [-0.4, -0.2) is 17.8 Å². The van der Waals surface area contributed by atoms with Gasteiger partial charge in [0, 0.05) is 24.8 Å². The summed E-state index contributed by atoms with van der Waals surface area (Å²) in [6.45, 7) is 0. The second-order valence-electron chi connectivity index (χ2n) is 3.11. The molecule has 0 aromatic carbocycles. The smallest absolute Gasteiger partial charge is 0.0273 e. The number of nitrogens with zero attached hydrogens (tertiary/aromatic N) is 2. The van der Waals surface area contributed by atoms with Gasteiger partial charge in [-0.2, -0.15) is 0 Å². The Morgan fingerprint density at radius 3 is 1.17 bits per heavy atom. The van der Waals surface area contributed by atoms with E-state index in [0.29, 0.717) is 0 Å². The van der Waals surface area contributed by atoms with Gasteiger partial charge in [-0.1, -0.05) is 0 Å². The van der Waals surface area contributed by atoms with Gasteiger partial charge in [-0.05, 0) is 35.4 Å². The molecule has 2 rings (SSSR count). The van der Waals surface area contributed by atoms with E-state index in [2.05, 4.69) is 9.97 Å². The Morgan fingerprint density at radius 2 is 0.944 bits per heavy atom. The standard InChI is InChI=1S/C10H8N2.2H2O.3O.Ru/c1-5-11-6-2-9(1)10-3-7-12-8-4-10;;;;;;/h1-8H;2*1H2;;;;/q;;;;;;+2/p-2. The van der Waals surface area contributed by atoms with E-state index in [1.165, 1.54) is 11.1 Å². The van der Waals surface area contributed by atoms with Crippen LogP contribution in [0.4, 0.5) is 0 Å². The Balaban J connectivity index is 0.000000232. The summed E-state index contributed by atoms with van der Waals surface area (Å²) in [7, 11) is 0. The first-order chi connectivity index (χ1) is 8.20. The Hall–Kier alpha value is -1.76. The molecule has 7 nitrogen and oxygen atoms in total. The Labute approximate surface area is 103 Å². The van der Waals surface area contributed by atoms with E-state index in [-0.39, 0.29) is 0 Å². The van der Waals surface area contributed by atoms with Crippen LogP contribution < -0.4 is 0 Å². The minimum Gasteiger partial charge on any atom is -0.265 e. The van der Waals surface area contributed by atoms with Gasteiger partial charge in [0.1, 0.15) is 0 Å². The predicted octanol–water partition coefficient (Wildman–Crippen LogP) is 0.671. The summed E-state index contributed by atoms with van der Waals surface area (Å²) >= 11 is -7.22. The molecular formula is C10H10N2O5Ru. The molecule has 0 saturated carbocycles. The fourth-order valence-corrected chi connectivity index (χ4v) is 1.09. The van der Waals surface area contributed by atoms with Crippen molar-refractivity contribution in [1.29, 1.82) is 0 Å². The van der Waals surface area contributed by atoms with E-state index < -0.39 is 14.2 Å². The molecule has 2 heterocycles. The van der Waals surface area contributed by atoms with Crippen molar-refractivity contribution in [3.8, 4) is 11.1 Å². The fourth-order valence-electron chi connectivity index (χ4n) is 1.09. The van der Waals surface area contributed by atoms with Crippen molar-refractivity contribution in [2.75, 3.05) is 0 Å². The quantitative estimate of drug-likeness (QED) is 0.733. The zero-order valence-electron chi connectivity index (χ0n) is 8.99. The summed E-state index contributed by atoms with van der Waals surface area (Å²) < 4.78 is 40.7. The largest absolute Gasteiger partial charge is 0.265 e. The van der Waals surface area contributed by atoms with Gasteiger partial charge in [-0.15, -0.1) is 0 Å². The molecule has 2 aromatic rings. The molecule has 2 N–H and O–H groups in total. The summed E-state index contributed by atoms with van der Waals surface area (Å²) in [5.41, 5.74) is 2.35. The molecule has 0 bridgehead atoms. The molecule has 0 spiro atoms. The van der Waals surface area contributed by atoms with Gasteiger partial charge in [0.15, 0.2) is 0 Å². The second-order valence-corrected chi connectivity index (χ2v) is 6.23. The average Bonchev–Trinajstić information content (AvgIpc) is 2.28. The third-order valence-corrected chi connectivity index (χ3v) is 1.69. The van der Waals surface area contributed by atoms with Crippen LogP contribution in [-0.2, 0) is 24.9 Å². The van der Waals surface area contributed by atoms with Crippen molar-refractivity contribution >= 4 is 0 Å². The summed E-state index contributed by atoms with van der Waals surface area (Å²) in [5, 5.41) is 0.